The number of halogens is 1. The van der Waals surface area contributed by atoms with Gasteiger partial charge in [-0.05, 0) is 83.8 Å². The summed E-state index contributed by atoms with van der Waals surface area (Å²) in [5.41, 5.74) is 9.26. The second-order valence-corrected chi connectivity index (χ2v) is 8.42. The lowest BCUT2D eigenvalue weighted by Gasteiger charge is -2.06. The number of aryl methyl sites for hydroxylation is 2. The minimum atomic E-state index is -0.202. The van der Waals surface area contributed by atoms with Gasteiger partial charge < -0.3 is 0 Å². The molecular weight excluding hydrogens is 367 g/mol. The highest BCUT2D eigenvalue weighted by Gasteiger charge is 2.18. The van der Waals surface area contributed by atoms with Gasteiger partial charge in [0.25, 0.3) is 0 Å². The first-order valence-corrected chi connectivity index (χ1v) is 11.2. The van der Waals surface area contributed by atoms with Crippen molar-refractivity contribution in [2.45, 2.75) is 58.8 Å². The SMILES string of the molecule is CCCCCCCc1ccc2c(c1)Cc1cc(C#Cc3ccc(C)c(F)c3)ccc1-2. The number of hydrogen-bond donors (Lipinski definition) is 0. The van der Waals surface area contributed by atoms with Crippen LogP contribution in [0.5, 0.6) is 0 Å². The van der Waals surface area contributed by atoms with Crippen LogP contribution in [0, 0.1) is 24.6 Å². The molecule has 0 radical (unpaired) electrons. The third-order valence-corrected chi connectivity index (χ3v) is 6.04. The standard InChI is InChI=1S/C29H29F/c1-3-4-5-6-7-8-22-13-15-27-25(17-22)20-26-18-23(14-16-28(26)27)11-12-24-10-9-21(2)29(30)19-24/h9-10,13-19H,3-8,20H2,1-2H3. The Morgan fingerprint density at radius 1 is 0.767 bits per heavy atom. The molecule has 0 unspecified atom stereocenters. The van der Waals surface area contributed by atoms with Crippen LogP contribution in [0.4, 0.5) is 4.39 Å². The average Bonchev–Trinajstić information content (AvgIpc) is 3.11. The molecule has 0 N–H and O–H groups in total. The van der Waals surface area contributed by atoms with Crippen molar-refractivity contribution in [3.63, 3.8) is 0 Å². The third kappa shape index (κ3) is 4.65. The van der Waals surface area contributed by atoms with Crippen LogP contribution in [0.25, 0.3) is 11.1 Å². The van der Waals surface area contributed by atoms with Crippen LogP contribution >= 0.6 is 0 Å². The Morgan fingerprint density at radius 3 is 2.20 bits per heavy atom. The van der Waals surface area contributed by atoms with E-state index in [1.807, 2.05) is 6.07 Å². The van der Waals surface area contributed by atoms with Crippen molar-refractivity contribution in [3.05, 3.63) is 93.8 Å². The van der Waals surface area contributed by atoms with Crippen LogP contribution in [-0.4, -0.2) is 0 Å². The summed E-state index contributed by atoms with van der Waals surface area (Å²) in [4.78, 5) is 0. The smallest absolute Gasteiger partial charge is 0.127 e. The van der Waals surface area contributed by atoms with Gasteiger partial charge in [-0.1, -0.05) is 74.8 Å². The zero-order valence-corrected chi connectivity index (χ0v) is 18.0. The normalized spacial score (nSPS) is 11.6. The van der Waals surface area contributed by atoms with Crippen molar-refractivity contribution >= 4 is 0 Å². The lowest BCUT2D eigenvalue weighted by molar-refractivity contribution is 0.618. The molecule has 0 nitrogen and oxygen atoms in total. The Hall–Kier alpha value is -2.85. The number of rotatable bonds is 6. The summed E-state index contributed by atoms with van der Waals surface area (Å²) in [7, 11) is 0. The highest BCUT2D eigenvalue weighted by atomic mass is 19.1. The Kier molecular flexibility index (Phi) is 6.34. The topological polar surface area (TPSA) is 0 Å². The first kappa shape index (κ1) is 20.4. The summed E-state index contributed by atoms with van der Waals surface area (Å²) in [5.74, 6) is 6.10. The second-order valence-electron chi connectivity index (χ2n) is 8.42. The number of unbranched alkanes of at least 4 members (excludes halogenated alkanes) is 4. The molecule has 0 bridgehead atoms. The van der Waals surface area contributed by atoms with Crippen LogP contribution in [0.15, 0.2) is 54.6 Å². The van der Waals surface area contributed by atoms with E-state index in [1.165, 1.54) is 72.4 Å². The van der Waals surface area contributed by atoms with E-state index in [4.69, 9.17) is 0 Å². The molecule has 3 aromatic rings. The van der Waals surface area contributed by atoms with Gasteiger partial charge in [0.05, 0.1) is 0 Å². The molecule has 1 aliphatic carbocycles. The maximum absolute atomic E-state index is 13.7. The third-order valence-electron chi connectivity index (χ3n) is 6.04. The number of hydrogen-bond acceptors (Lipinski definition) is 0. The lowest BCUT2D eigenvalue weighted by Crippen LogP contribution is -1.89. The van der Waals surface area contributed by atoms with Crippen LogP contribution in [0.2, 0.25) is 0 Å². The summed E-state index contributed by atoms with van der Waals surface area (Å²) in [6.07, 6.45) is 8.77. The first-order valence-electron chi connectivity index (χ1n) is 11.2. The van der Waals surface area contributed by atoms with E-state index in [1.54, 1.807) is 13.0 Å². The molecule has 0 saturated carbocycles. The quantitative estimate of drug-likeness (QED) is 0.232. The van der Waals surface area contributed by atoms with E-state index >= 15 is 0 Å². The molecule has 0 spiro atoms. The van der Waals surface area contributed by atoms with Crippen LogP contribution in [-0.2, 0) is 12.8 Å². The van der Waals surface area contributed by atoms with Crippen LogP contribution in [0.1, 0.15) is 72.4 Å². The Morgan fingerprint density at radius 2 is 1.43 bits per heavy atom. The largest absolute Gasteiger partial charge is 0.207 e. The summed E-state index contributed by atoms with van der Waals surface area (Å²) < 4.78 is 13.7. The van der Waals surface area contributed by atoms with Crippen molar-refractivity contribution in [2.75, 3.05) is 0 Å². The van der Waals surface area contributed by atoms with E-state index < -0.39 is 0 Å². The Labute approximate surface area is 180 Å². The van der Waals surface area contributed by atoms with Crippen LogP contribution < -0.4 is 0 Å². The summed E-state index contributed by atoms with van der Waals surface area (Å²) in [5, 5.41) is 0. The van der Waals surface area contributed by atoms with Gasteiger partial charge in [-0.3, -0.25) is 0 Å². The number of fused-ring (bicyclic) bond motifs is 3. The van der Waals surface area contributed by atoms with E-state index in [9.17, 15) is 4.39 Å². The molecule has 3 aromatic carbocycles. The highest BCUT2D eigenvalue weighted by molar-refractivity contribution is 5.77. The van der Waals surface area contributed by atoms with Gasteiger partial charge in [-0.15, -0.1) is 0 Å². The Bertz CT molecular complexity index is 1110. The molecule has 1 heteroatoms. The molecule has 0 aliphatic heterocycles. The first-order chi connectivity index (χ1) is 14.6. The Balaban J connectivity index is 1.46. The van der Waals surface area contributed by atoms with E-state index in [0.717, 1.165) is 12.0 Å². The van der Waals surface area contributed by atoms with Crippen LogP contribution in [0.3, 0.4) is 0 Å². The molecule has 0 fully saturated rings. The molecule has 0 amide bonds. The predicted octanol–water partition coefficient (Wildman–Crippen LogP) is 7.62. The summed E-state index contributed by atoms with van der Waals surface area (Å²) in [6, 6.07) is 18.6. The lowest BCUT2D eigenvalue weighted by atomic mass is 9.99. The molecule has 0 atom stereocenters. The fraction of sp³-hybridized carbons (Fsp3) is 0.310. The van der Waals surface area contributed by atoms with E-state index in [-0.39, 0.29) is 5.82 Å². The maximum Gasteiger partial charge on any atom is 0.127 e. The van der Waals surface area contributed by atoms with Gasteiger partial charge in [0.1, 0.15) is 5.82 Å². The van der Waals surface area contributed by atoms with Crippen molar-refractivity contribution in [3.8, 4) is 23.0 Å². The molecule has 0 heterocycles. The van der Waals surface area contributed by atoms with Gasteiger partial charge in [0.15, 0.2) is 0 Å². The van der Waals surface area contributed by atoms with Gasteiger partial charge in [0.2, 0.25) is 0 Å². The molecule has 30 heavy (non-hydrogen) atoms. The molecule has 0 aromatic heterocycles. The zero-order valence-electron chi connectivity index (χ0n) is 18.0. The molecular formula is C29H29F. The second kappa shape index (κ2) is 9.31. The van der Waals surface area contributed by atoms with E-state index in [0.29, 0.717) is 11.1 Å². The van der Waals surface area contributed by atoms with Gasteiger partial charge >= 0.3 is 0 Å². The van der Waals surface area contributed by atoms with Crippen molar-refractivity contribution < 1.29 is 4.39 Å². The predicted molar refractivity (Wildman–Crippen MR) is 124 cm³/mol. The fourth-order valence-corrected chi connectivity index (χ4v) is 4.24. The van der Waals surface area contributed by atoms with Gasteiger partial charge in [0, 0.05) is 11.1 Å². The average molecular weight is 397 g/mol. The minimum Gasteiger partial charge on any atom is -0.207 e. The minimum absolute atomic E-state index is 0.202. The molecule has 1 aliphatic rings. The zero-order chi connectivity index (χ0) is 20.9. The molecule has 152 valence electrons. The summed E-state index contributed by atoms with van der Waals surface area (Å²) >= 11 is 0. The van der Waals surface area contributed by atoms with Gasteiger partial charge in [-0.2, -0.15) is 0 Å². The highest BCUT2D eigenvalue weighted by Crippen LogP contribution is 2.37. The van der Waals surface area contributed by atoms with Crippen molar-refractivity contribution in [1.29, 1.82) is 0 Å². The fourth-order valence-electron chi connectivity index (χ4n) is 4.24. The maximum atomic E-state index is 13.7. The summed E-state index contributed by atoms with van der Waals surface area (Å²) in [6.45, 7) is 4.03. The number of benzene rings is 3. The van der Waals surface area contributed by atoms with Crippen molar-refractivity contribution in [1.82, 2.24) is 0 Å². The molecule has 0 saturated heterocycles. The van der Waals surface area contributed by atoms with Crippen molar-refractivity contribution in [2.24, 2.45) is 0 Å². The van der Waals surface area contributed by atoms with E-state index in [2.05, 4.69) is 55.2 Å². The van der Waals surface area contributed by atoms with Gasteiger partial charge in [-0.25, -0.2) is 4.39 Å². The molecule has 4 rings (SSSR count). The monoisotopic (exact) mass is 396 g/mol.